The topological polar surface area (TPSA) is 32.8 Å². The van der Waals surface area contributed by atoms with Gasteiger partial charge in [0.15, 0.2) is 0 Å². The molecule has 2 aliphatic heterocycles. The van der Waals surface area contributed by atoms with Crippen LogP contribution >= 0.6 is 0 Å². The molecule has 0 atom stereocenters. The fourth-order valence-corrected chi connectivity index (χ4v) is 7.52. The van der Waals surface area contributed by atoms with Crippen molar-refractivity contribution in [3.05, 3.63) is 72.8 Å². The fraction of sp³-hybridized carbons (Fsp3) is 0.316. The van der Waals surface area contributed by atoms with Crippen LogP contribution in [0.2, 0.25) is 0 Å². The minimum Gasteiger partial charge on any atom is -0.456 e. The highest BCUT2D eigenvalue weighted by molar-refractivity contribution is 6.27. The molecule has 0 spiro atoms. The summed E-state index contributed by atoms with van der Waals surface area (Å²) in [5.41, 5.74) is 6.33. The van der Waals surface area contributed by atoms with Crippen molar-refractivity contribution in [1.82, 2.24) is 0 Å². The van der Waals surface area contributed by atoms with E-state index in [1.807, 2.05) is 0 Å². The number of hydrogen-bond donors (Lipinski definition) is 0. The molecule has 9 rings (SSSR count). The van der Waals surface area contributed by atoms with Gasteiger partial charge in [0.1, 0.15) is 22.3 Å². The molecule has 210 valence electrons. The van der Waals surface area contributed by atoms with Crippen LogP contribution in [0.15, 0.2) is 81.6 Å². The Morgan fingerprint density at radius 3 is 1.33 bits per heavy atom. The van der Waals surface area contributed by atoms with Gasteiger partial charge in [0.25, 0.3) is 0 Å². The van der Waals surface area contributed by atoms with Crippen LogP contribution in [0.5, 0.6) is 0 Å². The summed E-state index contributed by atoms with van der Waals surface area (Å²) < 4.78 is 13.0. The molecule has 42 heavy (non-hydrogen) atoms. The smallest absolute Gasteiger partial charge is 0.136 e. The molecule has 2 saturated heterocycles. The van der Waals surface area contributed by atoms with Crippen LogP contribution in [0.25, 0.3) is 65.4 Å². The first-order chi connectivity index (χ1) is 20.6. The van der Waals surface area contributed by atoms with Crippen molar-refractivity contribution in [1.29, 1.82) is 0 Å². The first-order valence-corrected chi connectivity index (χ1v) is 15.8. The van der Waals surface area contributed by atoms with Crippen molar-refractivity contribution in [2.24, 2.45) is 11.8 Å². The SMILES string of the molecule is CC1CCN(c2ccc3cc4c(cc3c2)oc2ccc3oc5cc6cc(N7CCC(C)CC7)ccc6cc5c3c24)CC1. The van der Waals surface area contributed by atoms with Crippen LogP contribution in [0.3, 0.4) is 0 Å². The predicted molar refractivity (Wildman–Crippen MR) is 177 cm³/mol. The number of piperidine rings is 2. The molecule has 2 aliphatic rings. The molecule has 4 nitrogen and oxygen atoms in total. The molecule has 4 heteroatoms. The van der Waals surface area contributed by atoms with Crippen molar-refractivity contribution in [2.75, 3.05) is 36.0 Å². The van der Waals surface area contributed by atoms with Crippen LogP contribution < -0.4 is 9.80 Å². The lowest BCUT2D eigenvalue weighted by atomic mass is 9.97. The van der Waals surface area contributed by atoms with Crippen LogP contribution in [0.1, 0.15) is 39.5 Å². The van der Waals surface area contributed by atoms with Gasteiger partial charge in [0.05, 0.1) is 0 Å². The molecule has 0 amide bonds. The molecule has 5 aromatic carbocycles. The van der Waals surface area contributed by atoms with Gasteiger partial charge in [0, 0.05) is 59.1 Å². The van der Waals surface area contributed by atoms with Gasteiger partial charge < -0.3 is 18.6 Å². The van der Waals surface area contributed by atoms with E-state index in [4.69, 9.17) is 8.83 Å². The lowest BCUT2D eigenvalue weighted by Gasteiger charge is -2.32. The Morgan fingerprint density at radius 1 is 0.476 bits per heavy atom. The van der Waals surface area contributed by atoms with Crippen LogP contribution in [0, 0.1) is 11.8 Å². The van der Waals surface area contributed by atoms with E-state index in [0.717, 1.165) is 81.9 Å². The Kier molecular flexibility index (Phi) is 5.33. The van der Waals surface area contributed by atoms with Gasteiger partial charge in [-0.1, -0.05) is 26.0 Å². The van der Waals surface area contributed by atoms with Gasteiger partial charge in [-0.15, -0.1) is 0 Å². The summed E-state index contributed by atoms with van der Waals surface area (Å²) in [5, 5.41) is 9.56. The number of benzene rings is 5. The molecule has 0 unspecified atom stereocenters. The van der Waals surface area contributed by atoms with Crippen molar-refractivity contribution in [2.45, 2.75) is 39.5 Å². The average Bonchev–Trinajstić information content (AvgIpc) is 3.55. The molecule has 0 radical (unpaired) electrons. The van der Waals surface area contributed by atoms with Crippen molar-refractivity contribution >= 4 is 76.8 Å². The highest BCUT2D eigenvalue weighted by atomic mass is 16.3. The number of nitrogens with zero attached hydrogens (tertiary/aromatic N) is 2. The predicted octanol–water partition coefficient (Wildman–Crippen LogP) is 10.3. The van der Waals surface area contributed by atoms with Crippen molar-refractivity contribution in [3.63, 3.8) is 0 Å². The Bertz CT molecular complexity index is 2000. The minimum absolute atomic E-state index is 0.826. The monoisotopic (exact) mass is 552 g/mol. The normalized spacial score (nSPS) is 17.7. The third-order valence-electron chi connectivity index (χ3n) is 10.2. The summed E-state index contributed by atoms with van der Waals surface area (Å²) in [6.45, 7) is 9.28. The Morgan fingerprint density at radius 2 is 0.905 bits per heavy atom. The second-order valence-corrected chi connectivity index (χ2v) is 13.1. The highest BCUT2D eigenvalue weighted by Gasteiger charge is 2.20. The Hall–Kier alpha value is -4.18. The van der Waals surface area contributed by atoms with Gasteiger partial charge in [0.2, 0.25) is 0 Å². The van der Waals surface area contributed by atoms with Crippen molar-refractivity contribution < 1.29 is 8.83 Å². The lowest BCUT2D eigenvalue weighted by molar-refractivity contribution is 0.438. The van der Waals surface area contributed by atoms with E-state index in [1.165, 1.54) is 58.6 Å². The first-order valence-electron chi connectivity index (χ1n) is 15.8. The first kappa shape index (κ1) is 24.4. The third kappa shape index (κ3) is 3.81. The molecule has 2 aromatic heterocycles. The number of furan rings is 2. The Balaban J connectivity index is 1.18. The van der Waals surface area contributed by atoms with E-state index in [9.17, 15) is 0 Å². The average molecular weight is 553 g/mol. The number of hydrogen-bond acceptors (Lipinski definition) is 4. The molecule has 2 fully saturated rings. The van der Waals surface area contributed by atoms with E-state index in [1.54, 1.807) is 0 Å². The highest BCUT2D eigenvalue weighted by Crippen LogP contribution is 2.42. The van der Waals surface area contributed by atoms with Gasteiger partial charge >= 0.3 is 0 Å². The maximum absolute atomic E-state index is 6.50. The zero-order valence-corrected chi connectivity index (χ0v) is 24.5. The molecule has 0 saturated carbocycles. The zero-order valence-electron chi connectivity index (χ0n) is 24.5. The van der Waals surface area contributed by atoms with Gasteiger partial charge in [-0.25, -0.2) is 0 Å². The number of fused-ring (bicyclic) bond motifs is 9. The second kappa shape index (κ2) is 9.16. The summed E-state index contributed by atoms with van der Waals surface area (Å²) in [6.07, 6.45) is 5.07. The summed E-state index contributed by atoms with van der Waals surface area (Å²) in [7, 11) is 0. The summed E-state index contributed by atoms with van der Waals surface area (Å²) >= 11 is 0. The van der Waals surface area contributed by atoms with E-state index in [0.29, 0.717) is 0 Å². The van der Waals surface area contributed by atoms with E-state index >= 15 is 0 Å². The number of rotatable bonds is 2. The third-order valence-corrected chi connectivity index (χ3v) is 10.2. The summed E-state index contributed by atoms with van der Waals surface area (Å²) in [5.74, 6) is 1.65. The lowest BCUT2D eigenvalue weighted by Crippen LogP contribution is -2.32. The fourth-order valence-electron chi connectivity index (χ4n) is 7.52. The van der Waals surface area contributed by atoms with Crippen molar-refractivity contribution in [3.8, 4) is 0 Å². The molecule has 4 heterocycles. The van der Waals surface area contributed by atoms with E-state index in [2.05, 4.69) is 96.4 Å². The largest absolute Gasteiger partial charge is 0.456 e. The molecular formula is C38H36N2O2. The quantitative estimate of drug-likeness (QED) is 0.214. The summed E-state index contributed by atoms with van der Waals surface area (Å²) in [6, 6.07) is 27.0. The maximum atomic E-state index is 6.50. The molecule has 7 aromatic rings. The maximum Gasteiger partial charge on any atom is 0.136 e. The van der Waals surface area contributed by atoms with Crippen LogP contribution in [-0.2, 0) is 0 Å². The zero-order chi connectivity index (χ0) is 27.9. The Labute approximate surface area is 245 Å². The summed E-state index contributed by atoms with van der Waals surface area (Å²) in [4.78, 5) is 5.06. The number of anilines is 2. The van der Waals surface area contributed by atoms with E-state index < -0.39 is 0 Å². The van der Waals surface area contributed by atoms with Crippen LogP contribution in [-0.4, -0.2) is 26.2 Å². The molecular weight excluding hydrogens is 516 g/mol. The standard InChI is InChI=1S/C38H36N2O2/c1-23-9-13-39(14-10-23)29-5-3-25-19-31-35(21-27(25)17-29)41-33-7-8-34-38(37(31)33)32-20-26-4-6-30(18-28(26)22-36(32)42-34)40-15-11-24(2)12-16-40/h3-8,17-24H,9-16H2,1-2H3. The van der Waals surface area contributed by atoms with Crippen LogP contribution in [0.4, 0.5) is 11.4 Å². The second-order valence-electron chi connectivity index (χ2n) is 13.1. The molecule has 0 N–H and O–H groups in total. The van der Waals surface area contributed by atoms with Gasteiger partial charge in [-0.05, 0) is 120 Å². The van der Waals surface area contributed by atoms with Gasteiger partial charge in [-0.3, -0.25) is 0 Å². The molecule has 0 bridgehead atoms. The van der Waals surface area contributed by atoms with E-state index in [-0.39, 0.29) is 0 Å². The minimum atomic E-state index is 0.826. The molecule has 0 aliphatic carbocycles. The van der Waals surface area contributed by atoms with Gasteiger partial charge in [-0.2, -0.15) is 0 Å².